The smallest absolute Gasteiger partial charge is 0.139 e. The van der Waals surface area contributed by atoms with Gasteiger partial charge in [0.25, 0.3) is 0 Å². The van der Waals surface area contributed by atoms with Gasteiger partial charge in [-0.15, -0.1) is 0 Å². The van der Waals surface area contributed by atoms with Gasteiger partial charge in [-0.2, -0.15) is 0 Å². The molecular weight excluding hydrogens is 195 g/mol. The van der Waals surface area contributed by atoms with Crippen LogP contribution >= 0.6 is 0 Å². The minimum atomic E-state index is 0.984. The van der Waals surface area contributed by atoms with Crippen LogP contribution in [0.1, 0.15) is 0 Å². The van der Waals surface area contributed by atoms with Crippen molar-refractivity contribution in [2.24, 2.45) is 0 Å². The Morgan fingerprint density at radius 2 is 1.81 bits per heavy atom. The summed E-state index contributed by atoms with van der Waals surface area (Å²) in [7, 11) is 2.09. The average Bonchev–Trinajstić information content (AvgIpc) is 2.73. The molecule has 3 aromatic rings. The molecule has 2 nitrogen and oxygen atoms in total. The van der Waals surface area contributed by atoms with Gasteiger partial charge in [-0.05, 0) is 12.1 Å². The van der Waals surface area contributed by atoms with Crippen LogP contribution in [-0.2, 0) is 0 Å². The summed E-state index contributed by atoms with van der Waals surface area (Å²) >= 11 is 0. The summed E-state index contributed by atoms with van der Waals surface area (Å²) in [5, 5.41) is 0. The van der Waals surface area contributed by atoms with Gasteiger partial charge in [-0.3, -0.25) is 0 Å². The van der Waals surface area contributed by atoms with E-state index in [1.807, 2.05) is 28.8 Å². The van der Waals surface area contributed by atoms with Crippen LogP contribution in [0.15, 0.2) is 54.9 Å². The lowest BCUT2D eigenvalue weighted by atomic mass is 9.95. The van der Waals surface area contributed by atoms with Gasteiger partial charge in [0.15, 0.2) is 0 Å². The third-order valence-electron chi connectivity index (χ3n) is 2.71. The standard InChI is InChI=1S/C13H11BN2/c14-11-6-4-10(5-7-11)12-9-16-8-2-1-3-13(16)15-12/h1-9H,14H2. The Bertz CT molecular complexity index is 593. The van der Waals surface area contributed by atoms with E-state index in [2.05, 4.69) is 43.3 Å². The fraction of sp³-hybridized carbons (Fsp3) is 0. The molecule has 16 heavy (non-hydrogen) atoms. The Morgan fingerprint density at radius 1 is 1.00 bits per heavy atom. The zero-order valence-electron chi connectivity index (χ0n) is 9.09. The second kappa shape index (κ2) is 3.52. The lowest BCUT2D eigenvalue weighted by Crippen LogP contribution is -1.99. The molecule has 3 rings (SSSR count). The molecule has 0 amide bonds. The van der Waals surface area contributed by atoms with Gasteiger partial charge >= 0.3 is 0 Å². The van der Waals surface area contributed by atoms with E-state index in [-0.39, 0.29) is 0 Å². The van der Waals surface area contributed by atoms with Crippen molar-refractivity contribution < 1.29 is 0 Å². The van der Waals surface area contributed by atoms with E-state index < -0.39 is 0 Å². The molecule has 2 heterocycles. The SMILES string of the molecule is Bc1ccc(-c2cn3ccccc3n2)cc1. The lowest BCUT2D eigenvalue weighted by molar-refractivity contribution is 1.19. The highest BCUT2D eigenvalue weighted by molar-refractivity contribution is 6.32. The Labute approximate surface area is 95.0 Å². The first-order chi connectivity index (χ1) is 7.83. The van der Waals surface area contributed by atoms with Gasteiger partial charge in [0.1, 0.15) is 13.5 Å². The van der Waals surface area contributed by atoms with Crippen molar-refractivity contribution in [3.05, 3.63) is 54.9 Å². The first-order valence-corrected chi connectivity index (χ1v) is 5.34. The zero-order chi connectivity index (χ0) is 11.0. The van der Waals surface area contributed by atoms with E-state index in [0.717, 1.165) is 16.9 Å². The molecule has 0 unspecified atom stereocenters. The number of hydrogen-bond donors (Lipinski definition) is 0. The largest absolute Gasteiger partial charge is 0.306 e. The molecule has 1 aromatic carbocycles. The molecule has 0 fully saturated rings. The van der Waals surface area contributed by atoms with Crippen LogP contribution in [0.25, 0.3) is 16.9 Å². The highest BCUT2D eigenvalue weighted by Gasteiger charge is 2.02. The summed E-state index contributed by atoms with van der Waals surface area (Å²) in [4.78, 5) is 4.58. The summed E-state index contributed by atoms with van der Waals surface area (Å²) < 4.78 is 2.04. The fourth-order valence-electron chi connectivity index (χ4n) is 1.80. The predicted molar refractivity (Wildman–Crippen MR) is 68.8 cm³/mol. The number of fused-ring (bicyclic) bond motifs is 1. The molecule has 0 aliphatic heterocycles. The van der Waals surface area contributed by atoms with E-state index in [1.54, 1.807) is 0 Å². The van der Waals surface area contributed by atoms with Crippen molar-refractivity contribution in [1.82, 2.24) is 9.38 Å². The van der Waals surface area contributed by atoms with Crippen molar-refractivity contribution in [3.63, 3.8) is 0 Å². The minimum Gasteiger partial charge on any atom is -0.306 e. The monoisotopic (exact) mass is 206 g/mol. The number of pyridine rings is 1. The van der Waals surface area contributed by atoms with E-state index in [0.29, 0.717) is 0 Å². The second-order valence-corrected chi connectivity index (χ2v) is 3.96. The van der Waals surface area contributed by atoms with Crippen LogP contribution in [0.5, 0.6) is 0 Å². The van der Waals surface area contributed by atoms with Crippen molar-refractivity contribution in [1.29, 1.82) is 0 Å². The molecule has 0 spiro atoms. The van der Waals surface area contributed by atoms with Gasteiger partial charge in [-0.25, -0.2) is 4.98 Å². The third-order valence-corrected chi connectivity index (χ3v) is 2.71. The zero-order valence-corrected chi connectivity index (χ0v) is 9.09. The highest BCUT2D eigenvalue weighted by atomic mass is 15.0. The van der Waals surface area contributed by atoms with Crippen molar-refractivity contribution in [2.45, 2.75) is 0 Å². The maximum atomic E-state index is 4.58. The van der Waals surface area contributed by atoms with Crippen LogP contribution < -0.4 is 5.46 Å². The Kier molecular flexibility index (Phi) is 2.03. The van der Waals surface area contributed by atoms with E-state index in [9.17, 15) is 0 Å². The van der Waals surface area contributed by atoms with Gasteiger partial charge in [0.05, 0.1) is 5.69 Å². The quantitative estimate of drug-likeness (QED) is 0.548. The van der Waals surface area contributed by atoms with Crippen LogP contribution in [0.4, 0.5) is 0 Å². The summed E-state index contributed by atoms with van der Waals surface area (Å²) in [5.74, 6) is 0. The Morgan fingerprint density at radius 3 is 2.56 bits per heavy atom. The molecule has 3 heteroatoms. The number of benzene rings is 1. The maximum absolute atomic E-state index is 4.58. The summed E-state index contributed by atoms with van der Waals surface area (Å²) in [6.07, 6.45) is 4.07. The number of nitrogens with zero attached hydrogens (tertiary/aromatic N) is 2. The topological polar surface area (TPSA) is 17.3 Å². The average molecular weight is 206 g/mol. The molecule has 2 aromatic heterocycles. The molecular formula is C13H11BN2. The number of hydrogen-bond acceptors (Lipinski definition) is 1. The molecule has 0 aliphatic rings. The Hall–Kier alpha value is -2.03. The van der Waals surface area contributed by atoms with E-state index in [1.165, 1.54) is 5.46 Å². The van der Waals surface area contributed by atoms with Crippen LogP contribution in [0, 0.1) is 0 Å². The van der Waals surface area contributed by atoms with Crippen LogP contribution in [0.2, 0.25) is 0 Å². The number of imidazole rings is 1. The van der Waals surface area contributed by atoms with Gasteiger partial charge in [0.2, 0.25) is 0 Å². The highest BCUT2D eigenvalue weighted by Crippen LogP contribution is 2.17. The molecule has 0 bridgehead atoms. The van der Waals surface area contributed by atoms with Crippen molar-refractivity contribution in [2.75, 3.05) is 0 Å². The van der Waals surface area contributed by atoms with Crippen molar-refractivity contribution >= 4 is 19.0 Å². The molecule has 0 aliphatic carbocycles. The fourth-order valence-corrected chi connectivity index (χ4v) is 1.80. The Balaban J connectivity index is 2.15. The molecule has 0 N–H and O–H groups in total. The normalized spacial score (nSPS) is 10.8. The van der Waals surface area contributed by atoms with Crippen LogP contribution in [0.3, 0.4) is 0 Å². The van der Waals surface area contributed by atoms with Crippen LogP contribution in [-0.4, -0.2) is 17.2 Å². The maximum Gasteiger partial charge on any atom is 0.139 e. The molecule has 0 atom stereocenters. The molecule has 76 valence electrons. The van der Waals surface area contributed by atoms with Gasteiger partial charge in [0, 0.05) is 18.0 Å². The molecule has 0 radical (unpaired) electrons. The van der Waals surface area contributed by atoms with Gasteiger partial charge in [-0.1, -0.05) is 35.8 Å². The van der Waals surface area contributed by atoms with Crippen molar-refractivity contribution in [3.8, 4) is 11.3 Å². The molecule has 0 saturated carbocycles. The van der Waals surface area contributed by atoms with Gasteiger partial charge < -0.3 is 4.40 Å². The van der Waals surface area contributed by atoms with E-state index >= 15 is 0 Å². The summed E-state index contributed by atoms with van der Waals surface area (Å²) in [6, 6.07) is 14.5. The second-order valence-electron chi connectivity index (χ2n) is 3.96. The molecule has 0 saturated heterocycles. The number of rotatable bonds is 1. The first-order valence-electron chi connectivity index (χ1n) is 5.34. The predicted octanol–water partition coefficient (Wildman–Crippen LogP) is 1.26. The van der Waals surface area contributed by atoms with E-state index in [4.69, 9.17) is 0 Å². The summed E-state index contributed by atoms with van der Waals surface area (Å²) in [6.45, 7) is 0. The lowest BCUT2D eigenvalue weighted by Gasteiger charge is -1.96. The third kappa shape index (κ3) is 1.50. The summed E-state index contributed by atoms with van der Waals surface area (Å²) in [5.41, 5.74) is 4.44. The number of aromatic nitrogens is 2. The first kappa shape index (κ1) is 9.22. The minimum absolute atomic E-state index is 0.984.